The van der Waals surface area contributed by atoms with Crippen molar-refractivity contribution in [2.45, 2.75) is 76.7 Å². The summed E-state index contributed by atoms with van der Waals surface area (Å²) in [5, 5.41) is 12.3. The number of hydrogen-bond donors (Lipinski definition) is 1. The van der Waals surface area contributed by atoms with Gasteiger partial charge < -0.3 is 19.1 Å². The van der Waals surface area contributed by atoms with Crippen LogP contribution >= 0.6 is 11.8 Å². The molecule has 3 aromatic heterocycles. The van der Waals surface area contributed by atoms with Gasteiger partial charge in [-0.3, -0.25) is 9.78 Å². The van der Waals surface area contributed by atoms with E-state index in [0.717, 1.165) is 55.1 Å². The van der Waals surface area contributed by atoms with Gasteiger partial charge in [0, 0.05) is 62.4 Å². The van der Waals surface area contributed by atoms with Crippen LogP contribution in [-0.4, -0.2) is 37.5 Å². The van der Waals surface area contributed by atoms with Crippen molar-refractivity contribution in [2.75, 3.05) is 7.11 Å². The van der Waals surface area contributed by atoms with Gasteiger partial charge >= 0.3 is 5.97 Å². The molecular weight excluding hydrogens is 662 g/mol. The first-order valence-electron chi connectivity index (χ1n) is 17.3. The number of pyridine rings is 2. The molecular formula is C42H44FN3O4S. The minimum Gasteiger partial charge on any atom is -0.497 e. The third-order valence-corrected chi connectivity index (χ3v) is 10.7. The highest BCUT2D eigenvalue weighted by molar-refractivity contribution is 8.00. The van der Waals surface area contributed by atoms with Crippen molar-refractivity contribution in [2.24, 2.45) is 5.41 Å². The monoisotopic (exact) mass is 705 g/mol. The first-order valence-corrected chi connectivity index (χ1v) is 18.1. The van der Waals surface area contributed by atoms with Gasteiger partial charge in [0.15, 0.2) is 0 Å². The molecule has 6 aromatic rings. The van der Waals surface area contributed by atoms with Crippen LogP contribution in [0.5, 0.6) is 11.5 Å². The highest BCUT2D eigenvalue weighted by atomic mass is 32.2. The molecule has 9 heteroatoms. The van der Waals surface area contributed by atoms with Gasteiger partial charge in [-0.2, -0.15) is 0 Å². The number of ether oxygens (including phenoxy) is 2. The molecule has 0 radical (unpaired) electrons. The van der Waals surface area contributed by atoms with Gasteiger partial charge in [0.1, 0.15) is 23.9 Å². The average Bonchev–Trinajstić information content (AvgIpc) is 3.38. The SMILES string of the molecule is CCC(CC)(Cc1c(SC(C)(C)C)c2cc(OCc3ccc4cc(F)ccc4n3)ccc2n1Cc1ccc(-c2cc(OC)ccn2)cc1)C(=O)O. The van der Waals surface area contributed by atoms with Crippen molar-refractivity contribution in [1.29, 1.82) is 0 Å². The number of hydrogen-bond acceptors (Lipinski definition) is 6. The van der Waals surface area contributed by atoms with Crippen LogP contribution in [0, 0.1) is 11.2 Å². The molecule has 0 spiro atoms. The number of rotatable bonds is 13. The van der Waals surface area contributed by atoms with E-state index in [2.05, 4.69) is 71.7 Å². The predicted octanol–water partition coefficient (Wildman–Crippen LogP) is 10.4. The highest BCUT2D eigenvalue weighted by Crippen LogP contribution is 2.45. The molecule has 0 saturated heterocycles. The van der Waals surface area contributed by atoms with E-state index in [0.29, 0.717) is 37.1 Å². The van der Waals surface area contributed by atoms with Gasteiger partial charge in [-0.15, -0.1) is 11.8 Å². The summed E-state index contributed by atoms with van der Waals surface area (Å²) >= 11 is 1.76. The van der Waals surface area contributed by atoms with E-state index in [4.69, 9.17) is 9.47 Å². The summed E-state index contributed by atoms with van der Waals surface area (Å²) in [4.78, 5) is 23.1. The molecule has 0 aliphatic rings. The van der Waals surface area contributed by atoms with Gasteiger partial charge in [0.2, 0.25) is 0 Å². The Kier molecular flexibility index (Phi) is 10.4. The number of carboxylic acid groups (broad SMARTS) is 1. The molecule has 0 bridgehead atoms. The molecule has 3 aromatic carbocycles. The molecule has 7 nitrogen and oxygen atoms in total. The molecule has 0 atom stereocenters. The lowest BCUT2D eigenvalue weighted by Crippen LogP contribution is -2.33. The predicted molar refractivity (Wildman–Crippen MR) is 203 cm³/mol. The quantitative estimate of drug-likeness (QED) is 0.120. The standard InChI is InChI=1S/C42H44FN3O4S/c1-7-42(8-2,40(47)48)24-38-39(51-41(3,4)5)34-22-33(50-26-31-15-13-29-21-30(43)14-17-35(29)45-31)16-18-37(34)46(38)25-27-9-11-28(12-10-27)36-23-32(49-6)19-20-44-36/h9-23H,7-8,24-26H2,1-6H3,(H,47,48). The molecule has 264 valence electrons. The smallest absolute Gasteiger partial charge is 0.310 e. The van der Waals surface area contributed by atoms with Gasteiger partial charge in [-0.05, 0) is 66.9 Å². The average molecular weight is 706 g/mol. The number of aromatic nitrogens is 3. The normalized spacial score (nSPS) is 12.1. The second kappa shape index (κ2) is 14.8. The summed E-state index contributed by atoms with van der Waals surface area (Å²) in [6.07, 6.45) is 3.17. The lowest BCUT2D eigenvalue weighted by Gasteiger charge is -2.29. The first kappa shape index (κ1) is 35.9. The van der Waals surface area contributed by atoms with Crippen molar-refractivity contribution in [1.82, 2.24) is 14.5 Å². The first-order chi connectivity index (χ1) is 24.4. The molecule has 0 aliphatic heterocycles. The van der Waals surface area contributed by atoms with Crippen molar-refractivity contribution < 1.29 is 23.8 Å². The Hall–Kier alpha value is -4.89. The molecule has 0 aliphatic carbocycles. The van der Waals surface area contributed by atoms with Crippen LogP contribution in [0.25, 0.3) is 33.1 Å². The van der Waals surface area contributed by atoms with E-state index in [1.54, 1.807) is 31.1 Å². The van der Waals surface area contributed by atoms with Gasteiger partial charge in [0.25, 0.3) is 0 Å². The lowest BCUT2D eigenvalue weighted by atomic mass is 9.78. The minimum atomic E-state index is -0.911. The maximum Gasteiger partial charge on any atom is 0.310 e. The number of aliphatic carboxylic acids is 1. The summed E-state index contributed by atoms with van der Waals surface area (Å²) in [6, 6.07) is 26.5. The van der Waals surface area contributed by atoms with Crippen molar-refractivity contribution >= 4 is 39.5 Å². The zero-order chi connectivity index (χ0) is 36.3. The van der Waals surface area contributed by atoms with Crippen molar-refractivity contribution in [3.8, 4) is 22.8 Å². The Labute approximate surface area is 302 Å². The van der Waals surface area contributed by atoms with Crippen molar-refractivity contribution in [3.05, 3.63) is 114 Å². The van der Waals surface area contributed by atoms with Gasteiger partial charge in [-0.1, -0.05) is 65.0 Å². The summed E-state index contributed by atoms with van der Waals surface area (Å²) in [5.74, 6) is 0.367. The van der Waals surface area contributed by atoms with Crippen molar-refractivity contribution in [3.63, 3.8) is 0 Å². The molecule has 1 N–H and O–H groups in total. The second-order valence-corrected chi connectivity index (χ2v) is 15.8. The highest BCUT2D eigenvalue weighted by Gasteiger charge is 2.38. The van der Waals surface area contributed by atoms with Crippen LogP contribution in [0.4, 0.5) is 4.39 Å². The fourth-order valence-electron chi connectivity index (χ4n) is 6.46. The summed E-state index contributed by atoms with van der Waals surface area (Å²) in [7, 11) is 1.64. The van der Waals surface area contributed by atoms with Crippen LogP contribution in [0.3, 0.4) is 0 Å². The molecule has 0 unspecified atom stereocenters. The molecule has 0 saturated carbocycles. The Balaban J connectivity index is 1.42. The lowest BCUT2D eigenvalue weighted by molar-refractivity contribution is -0.149. The molecule has 3 heterocycles. The molecule has 0 amide bonds. The van der Waals surface area contributed by atoms with Gasteiger partial charge in [-0.25, -0.2) is 9.37 Å². The number of fused-ring (bicyclic) bond motifs is 2. The maximum atomic E-state index is 13.7. The molecule has 0 fully saturated rings. The van der Waals surface area contributed by atoms with Crippen LogP contribution in [-0.2, 0) is 24.4 Å². The zero-order valence-electron chi connectivity index (χ0n) is 30.0. The summed E-state index contributed by atoms with van der Waals surface area (Å²) in [5.41, 5.74) is 5.45. The second-order valence-electron chi connectivity index (χ2n) is 13.9. The maximum absolute atomic E-state index is 13.7. The van der Waals surface area contributed by atoms with E-state index >= 15 is 0 Å². The third kappa shape index (κ3) is 7.89. The fraction of sp³-hybridized carbons (Fsp3) is 0.310. The number of thioether (sulfide) groups is 1. The number of benzene rings is 3. The Morgan fingerprint density at radius 1 is 0.922 bits per heavy atom. The van der Waals surface area contributed by atoms with Crippen LogP contribution < -0.4 is 9.47 Å². The van der Waals surface area contributed by atoms with E-state index in [1.165, 1.54) is 12.1 Å². The van der Waals surface area contributed by atoms with E-state index in [9.17, 15) is 14.3 Å². The summed E-state index contributed by atoms with van der Waals surface area (Å²) in [6.45, 7) is 11.3. The minimum absolute atomic E-state index is 0.144. The van der Waals surface area contributed by atoms with Crippen LogP contribution in [0.2, 0.25) is 0 Å². The molecule has 6 rings (SSSR count). The zero-order valence-corrected chi connectivity index (χ0v) is 30.8. The Morgan fingerprint density at radius 3 is 2.37 bits per heavy atom. The fourth-order valence-corrected chi connectivity index (χ4v) is 7.64. The van der Waals surface area contributed by atoms with E-state index in [-0.39, 0.29) is 17.2 Å². The molecule has 51 heavy (non-hydrogen) atoms. The third-order valence-electron chi connectivity index (χ3n) is 9.47. The van der Waals surface area contributed by atoms with Crippen LogP contribution in [0.15, 0.2) is 96.0 Å². The van der Waals surface area contributed by atoms with Crippen LogP contribution in [0.1, 0.15) is 64.4 Å². The Bertz CT molecular complexity index is 2190. The largest absolute Gasteiger partial charge is 0.497 e. The topological polar surface area (TPSA) is 86.5 Å². The van der Waals surface area contributed by atoms with Gasteiger partial charge in [0.05, 0.1) is 29.4 Å². The van der Waals surface area contributed by atoms with E-state index < -0.39 is 11.4 Å². The van der Waals surface area contributed by atoms with E-state index in [1.807, 2.05) is 44.2 Å². The Morgan fingerprint density at radius 2 is 1.69 bits per heavy atom. The summed E-state index contributed by atoms with van der Waals surface area (Å²) < 4.78 is 27.6. The number of carbonyl (C=O) groups is 1. The number of nitrogens with zero attached hydrogens (tertiary/aromatic N) is 3. The number of methoxy groups -OCH3 is 1. The number of carboxylic acids is 1. The number of halogens is 1.